The molecule has 0 saturated heterocycles. The van der Waals surface area contributed by atoms with Gasteiger partial charge in [-0.2, -0.15) is 0 Å². The van der Waals surface area contributed by atoms with Crippen LogP contribution in [0.3, 0.4) is 0 Å². The average molecular weight is 945 g/mol. The number of carbonyl (C=O) groups excluding carboxylic acids is 2. The first-order valence-corrected chi connectivity index (χ1v) is 27.6. The highest BCUT2D eigenvalue weighted by molar-refractivity contribution is 6.61. The molecule has 0 aliphatic carbocycles. The molecular weight excluding hydrogens is 873 g/mol. The number of fused-ring (bicyclic) bond motifs is 6. The minimum Gasteiger partial charge on any atom is -0.445 e. The van der Waals surface area contributed by atoms with Crippen LogP contribution in [-0.4, -0.2) is 97.0 Å². The molecule has 66 heavy (non-hydrogen) atoms. The number of amides is 2. The van der Waals surface area contributed by atoms with Crippen LogP contribution in [0.15, 0.2) is 84.9 Å². The Hall–Kier alpha value is -4.63. The fraction of sp³-hybridized carbons (Fsp3) is 0.480. The van der Waals surface area contributed by atoms with E-state index in [1.165, 1.54) is 48.7 Å². The molecule has 4 aromatic carbocycles. The van der Waals surface area contributed by atoms with Crippen LogP contribution in [0.4, 0.5) is 4.79 Å². The number of alkyl carbamates (subject to hydrolysis) is 1. The van der Waals surface area contributed by atoms with Crippen LogP contribution in [0.2, 0.25) is 12.1 Å². The molecule has 0 radical (unpaired) electrons. The Morgan fingerprint density at radius 3 is 1.42 bits per heavy atom. The molecule has 0 unspecified atom stereocenters. The molecule has 0 atom stereocenters. The molecule has 0 aliphatic rings. The van der Waals surface area contributed by atoms with Gasteiger partial charge < -0.3 is 45.7 Å². The predicted molar refractivity (Wildman–Crippen MR) is 266 cm³/mol. The van der Waals surface area contributed by atoms with E-state index in [0.717, 1.165) is 30.6 Å². The van der Waals surface area contributed by atoms with Gasteiger partial charge in [0.2, 0.25) is 6.41 Å². The molecule has 2 amide bonds. The van der Waals surface area contributed by atoms with Crippen molar-refractivity contribution >= 4 is 73.7 Å². The smallest absolute Gasteiger partial charge is 0.445 e. The molecule has 0 fully saturated rings. The van der Waals surface area contributed by atoms with Crippen LogP contribution < -0.4 is 5.32 Å². The maximum atomic E-state index is 12.2. The van der Waals surface area contributed by atoms with Gasteiger partial charge in [0.25, 0.3) is 0 Å². The molecule has 2 aromatic heterocycles. The van der Waals surface area contributed by atoms with Crippen molar-refractivity contribution in [1.29, 1.82) is 0 Å². The van der Waals surface area contributed by atoms with Crippen molar-refractivity contribution in [2.45, 2.75) is 107 Å². The summed E-state index contributed by atoms with van der Waals surface area (Å²) in [7, 11) is -5.40. The van der Waals surface area contributed by atoms with Crippen molar-refractivity contribution < 1.29 is 45.7 Å². The number of ether oxygens (including phenoxy) is 1. The van der Waals surface area contributed by atoms with Gasteiger partial charge in [0.15, 0.2) is 0 Å². The average Bonchev–Trinajstić information content (AvgIpc) is 3.82. The van der Waals surface area contributed by atoms with E-state index in [2.05, 4.69) is 107 Å². The third-order valence-corrected chi connectivity index (χ3v) is 17.5. The number of para-hydroxylation sites is 2. The van der Waals surface area contributed by atoms with Crippen molar-refractivity contribution in [2.75, 3.05) is 52.7 Å². The molecule has 14 nitrogen and oxygen atoms in total. The monoisotopic (exact) mass is 944 g/mol. The predicted octanol–water partition coefficient (Wildman–Crippen LogP) is 10.6. The number of aryl methyl sites for hydroxylation is 2. The molecule has 360 valence electrons. The third kappa shape index (κ3) is 13.5. The van der Waals surface area contributed by atoms with Crippen LogP contribution in [-0.2, 0) is 67.2 Å². The summed E-state index contributed by atoms with van der Waals surface area (Å²) in [5, 5.41) is 8.99. The number of aromatic nitrogens is 2. The fourth-order valence-corrected chi connectivity index (χ4v) is 13.7. The van der Waals surface area contributed by atoms with Gasteiger partial charge in [0.05, 0.1) is 0 Å². The summed E-state index contributed by atoms with van der Waals surface area (Å²) in [6.45, 7) is 22.5. The van der Waals surface area contributed by atoms with Gasteiger partial charge in [-0.15, -0.1) is 0 Å². The van der Waals surface area contributed by atoms with Crippen molar-refractivity contribution in [3.63, 3.8) is 0 Å². The van der Waals surface area contributed by atoms with Crippen LogP contribution >= 0.6 is 0 Å². The number of hydrogen-bond acceptors (Lipinski definition) is 10. The number of benzene rings is 4. The maximum Gasteiger partial charge on any atom is 0.500 e. The normalized spacial score (nSPS) is 11.9. The van der Waals surface area contributed by atoms with Crippen molar-refractivity contribution in [3.8, 4) is 0 Å². The highest BCUT2D eigenvalue weighted by Gasteiger charge is 2.40. The van der Waals surface area contributed by atoms with Crippen LogP contribution in [0.25, 0.3) is 43.6 Å². The number of hydrogen-bond donors (Lipinski definition) is 1. The van der Waals surface area contributed by atoms with Gasteiger partial charge in [-0.25, -0.2) is 9.86 Å². The lowest BCUT2D eigenvalue weighted by molar-refractivity contribution is -0.177. The minimum atomic E-state index is -2.72. The second-order valence-corrected chi connectivity index (χ2v) is 20.9. The highest BCUT2D eigenvalue weighted by Crippen LogP contribution is 2.31. The van der Waals surface area contributed by atoms with E-state index in [1.807, 2.05) is 47.6 Å². The Balaban J connectivity index is 0.000000247. The van der Waals surface area contributed by atoms with Gasteiger partial charge >= 0.3 is 23.7 Å². The first-order valence-electron chi connectivity index (χ1n) is 23.8. The van der Waals surface area contributed by atoms with E-state index in [0.29, 0.717) is 84.3 Å². The van der Waals surface area contributed by atoms with Crippen molar-refractivity contribution in [2.24, 2.45) is 0 Å². The van der Waals surface area contributed by atoms with Gasteiger partial charge in [-0.3, -0.25) is 9.63 Å². The second-order valence-electron chi connectivity index (χ2n) is 15.4. The zero-order valence-corrected chi connectivity index (χ0v) is 42.4. The van der Waals surface area contributed by atoms with Gasteiger partial charge in [0.1, 0.15) is 13.2 Å². The zero-order valence-electron chi connectivity index (χ0n) is 40.4. The molecule has 6 aromatic rings. The lowest BCUT2D eigenvalue weighted by Crippen LogP contribution is -2.46. The largest absolute Gasteiger partial charge is 0.500 e. The van der Waals surface area contributed by atoms with E-state index in [4.69, 9.17) is 36.1 Å². The molecule has 0 saturated carbocycles. The summed E-state index contributed by atoms with van der Waals surface area (Å²) in [6, 6.07) is 30.7. The van der Waals surface area contributed by atoms with Crippen LogP contribution in [0, 0.1) is 0 Å². The Morgan fingerprint density at radius 2 is 0.985 bits per heavy atom. The second kappa shape index (κ2) is 26.6. The summed E-state index contributed by atoms with van der Waals surface area (Å²) in [5.74, 6) is 0. The summed E-state index contributed by atoms with van der Waals surface area (Å²) in [5.41, 5.74) is 6.84. The molecular formula is C50H72N4O10Si2. The van der Waals surface area contributed by atoms with E-state index < -0.39 is 23.7 Å². The third-order valence-electron chi connectivity index (χ3n) is 11.2. The minimum absolute atomic E-state index is 0.225. The number of nitrogens with one attached hydrogen (secondary N) is 1. The molecule has 0 spiro atoms. The first-order chi connectivity index (χ1) is 32.2. The van der Waals surface area contributed by atoms with Crippen molar-refractivity contribution in [3.05, 3.63) is 96.1 Å². The lowest BCUT2D eigenvalue weighted by Gasteiger charge is -2.29. The first kappa shape index (κ1) is 52.3. The number of carbonyl (C=O) groups is 2. The molecule has 0 aliphatic heterocycles. The standard InChI is InChI=1S/2C25H36N2O5Si/c1-5-27-24-13-10-9-12-22(24)23-18-21(14-15-25(23)27)19-29-26(20-28)16-11-17-33(30-6-2,31-7-3)32-8-4;1-5-27-23-13-10-9-12-21(23)22-18-20(14-15-24(22)27)19-29-25(28)26-16-11-17-33(30-6-2,31-7-3)32-8-4/h9-10,12-15,18,20H,5-8,11,16-17,19H2,1-4H3;9-10,12-15,18H,5-8,11,16-17,19H2,1-4H3,(H,26,28). The number of hydroxylamine groups is 2. The number of nitrogens with zero attached hydrogens (tertiary/aromatic N) is 3. The maximum absolute atomic E-state index is 12.2. The Labute approximate surface area is 393 Å². The Morgan fingerprint density at radius 1 is 0.561 bits per heavy atom. The quantitative estimate of drug-likeness (QED) is 0.0219. The van der Waals surface area contributed by atoms with E-state index >= 15 is 0 Å². The molecule has 16 heteroatoms. The summed E-state index contributed by atoms with van der Waals surface area (Å²) in [4.78, 5) is 29.6. The highest BCUT2D eigenvalue weighted by atomic mass is 28.4. The van der Waals surface area contributed by atoms with Crippen molar-refractivity contribution in [1.82, 2.24) is 19.5 Å². The van der Waals surface area contributed by atoms with E-state index in [-0.39, 0.29) is 6.61 Å². The Bertz CT molecular complexity index is 2390. The molecule has 1 N–H and O–H groups in total. The lowest BCUT2D eigenvalue weighted by atomic mass is 10.1. The summed E-state index contributed by atoms with van der Waals surface area (Å²) < 4.78 is 45.3. The van der Waals surface area contributed by atoms with Crippen LogP contribution in [0.5, 0.6) is 0 Å². The molecule has 2 heterocycles. The van der Waals surface area contributed by atoms with E-state index in [1.54, 1.807) is 0 Å². The summed E-state index contributed by atoms with van der Waals surface area (Å²) in [6.07, 6.45) is 1.67. The van der Waals surface area contributed by atoms with E-state index in [9.17, 15) is 9.59 Å². The topological polar surface area (TPSA) is 133 Å². The Kier molecular flexibility index (Phi) is 21.1. The fourth-order valence-electron chi connectivity index (χ4n) is 8.52. The SMILES string of the molecule is CCO[Si](CCCN(C=O)OCc1ccc2c(c1)c1ccccc1n2CC)(OCC)OCC.CCO[Si](CCCNC(=O)OCc1ccc2c(c1)c1ccccc1n2CC)(OCC)OCC. The van der Waals surface area contributed by atoms with Gasteiger partial charge in [-0.1, -0.05) is 48.5 Å². The molecule has 0 bridgehead atoms. The summed E-state index contributed by atoms with van der Waals surface area (Å²) >= 11 is 0. The van der Waals surface area contributed by atoms with Gasteiger partial charge in [-0.05, 0) is 116 Å². The molecule has 6 rings (SSSR count). The van der Waals surface area contributed by atoms with Gasteiger partial charge in [0, 0.05) is 122 Å². The van der Waals surface area contributed by atoms with Crippen LogP contribution in [0.1, 0.15) is 79.4 Å². The number of rotatable bonds is 28. The zero-order chi connectivity index (χ0) is 47.4.